The molecule has 1 amide bonds. The molecule has 0 aliphatic carbocycles. The van der Waals surface area contributed by atoms with Crippen LogP contribution >= 0.6 is 19.2 Å². The van der Waals surface area contributed by atoms with Crippen LogP contribution in [0.2, 0.25) is 0 Å². The molecule has 0 radical (unpaired) electrons. The van der Waals surface area contributed by atoms with E-state index in [1.807, 2.05) is 53.7 Å². The Hall–Kier alpha value is -3.72. The lowest BCUT2D eigenvalue weighted by Gasteiger charge is -2.31. The normalized spacial score (nSPS) is 12.3. The number of benzene rings is 2. The van der Waals surface area contributed by atoms with E-state index in [0.717, 1.165) is 30.9 Å². The Bertz CT molecular complexity index is 1810. The number of hydrogen-bond donors (Lipinski definition) is 2. The Kier molecular flexibility index (Phi) is 14.5. The third-order valence-electron chi connectivity index (χ3n) is 7.11. The van der Waals surface area contributed by atoms with E-state index < -0.39 is 24.8 Å². The summed E-state index contributed by atoms with van der Waals surface area (Å²) in [6.45, 7) is 16.1. The third-order valence-corrected chi connectivity index (χ3v) is 10.1. The number of methoxy groups -OCH3 is 1. The number of anilines is 3. The van der Waals surface area contributed by atoms with Gasteiger partial charge in [-0.1, -0.05) is 13.0 Å². The van der Waals surface area contributed by atoms with Crippen molar-refractivity contribution in [1.82, 2.24) is 19.9 Å². The van der Waals surface area contributed by atoms with Crippen LogP contribution in [0.5, 0.6) is 11.5 Å². The highest BCUT2D eigenvalue weighted by atomic mass is 32.1. The Morgan fingerprint density at radius 1 is 0.962 bits per heavy atom. The Balaban J connectivity index is 1.28. The van der Waals surface area contributed by atoms with Crippen LogP contribution in [0.25, 0.3) is 10.9 Å². The number of nitrogens with zero attached hydrogens (tertiary/aromatic N) is 4. The fourth-order valence-electron chi connectivity index (χ4n) is 5.02. The number of carbonyl (C=O) groups excluding carboxylic acids is 1. The minimum absolute atomic E-state index is 0.0860. The molecule has 0 bridgehead atoms. The summed E-state index contributed by atoms with van der Waals surface area (Å²) in [6.07, 6.45) is 4.57. The predicted molar refractivity (Wildman–Crippen MR) is 202 cm³/mol. The highest BCUT2D eigenvalue weighted by molar-refractivity contribution is 7.48. The molecule has 0 spiro atoms. The molecule has 2 heterocycles. The SMILES string of the molecule is CCN(CCCOc1cc2ncnc(Nc3ncc(CC(=O)Nc4cccc(F)c4)s3)c2cc1OC)CCCOP(=O)(OC(C)(C)C)OC(C)(C)C. The molecular weight excluding hydrogens is 710 g/mol. The van der Waals surface area contributed by atoms with E-state index in [9.17, 15) is 13.8 Å². The first kappa shape index (κ1) is 41.0. The standard InChI is InChI=1S/C36H50FN6O7PS/c1-9-43(16-12-18-48-51(45,49-35(2,3)4)50-36(5,6)7)15-11-17-47-31-22-29-28(21-30(31)46-8)33(40-24-39-29)42-34-38-23-27(52-34)20-32(44)41-26-14-10-13-25(37)19-26/h10,13-14,19,21-24H,9,11-12,15-18,20H2,1-8H3,(H,41,44)(H,38,39,40,42). The quantitative estimate of drug-likeness (QED) is 0.0699. The van der Waals surface area contributed by atoms with Crippen molar-refractivity contribution in [1.29, 1.82) is 0 Å². The van der Waals surface area contributed by atoms with Gasteiger partial charge in [-0.15, -0.1) is 11.3 Å². The van der Waals surface area contributed by atoms with Gasteiger partial charge in [-0.25, -0.2) is 23.9 Å². The fourth-order valence-corrected chi connectivity index (χ4v) is 7.67. The zero-order valence-electron chi connectivity index (χ0n) is 31.2. The van der Waals surface area contributed by atoms with Gasteiger partial charge < -0.3 is 25.0 Å². The molecule has 0 fully saturated rings. The van der Waals surface area contributed by atoms with Crippen LogP contribution in [0, 0.1) is 5.82 Å². The van der Waals surface area contributed by atoms with Gasteiger partial charge in [0, 0.05) is 41.3 Å². The smallest absolute Gasteiger partial charge is 0.475 e. The first-order valence-electron chi connectivity index (χ1n) is 17.2. The maximum Gasteiger partial charge on any atom is 0.475 e. The monoisotopic (exact) mass is 760 g/mol. The molecule has 16 heteroatoms. The van der Waals surface area contributed by atoms with E-state index in [-0.39, 0.29) is 18.9 Å². The number of fused-ring (bicyclic) bond motifs is 1. The molecule has 4 aromatic rings. The van der Waals surface area contributed by atoms with Crippen molar-refractivity contribution < 1.29 is 36.8 Å². The minimum Gasteiger partial charge on any atom is -0.493 e. The number of hydrogen-bond acceptors (Lipinski definition) is 13. The molecule has 0 saturated carbocycles. The van der Waals surface area contributed by atoms with Gasteiger partial charge in [0.1, 0.15) is 18.0 Å². The van der Waals surface area contributed by atoms with Gasteiger partial charge in [-0.3, -0.25) is 18.4 Å². The summed E-state index contributed by atoms with van der Waals surface area (Å²) in [5, 5.41) is 7.17. The van der Waals surface area contributed by atoms with E-state index in [2.05, 4.69) is 37.4 Å². The molecule has 284 valence electrons. The summed E-state index contributed by atoms with van der Waals surface area (Å²) in [4.78, 5) is 28.7. The number of carbonyl (C=O) groups is 1. The molecule has 2 aromatic carbocycles. The summed E-state index contributed by atoms with van der Waals surface area (Å²) in [6, 6.07) is 9.38. The molecule has 0 aliphatic rings. The lowest BCUT2D eigenvalue weighted by Crippen LogP contribution is -2.28. The number of phosphoric ester groups is 1. The van der Waals surface area contributed by atoms with Crippen LogP contribution in [0.3, 0.4) is 0 Å². The third kappa shape index (κ3) is 13.4. The second-order valence-electron chi connectivity index (χ2n) is 13.9. The van der Waals surface area contributed by atoms with Gasteiger partial charge in [-0.2, -0.15) is 0 Å². The summed E-state index contributed by atoms with van der Waals surface area (Å²) in [7, 11) is -2.17. The number of halogens is 1. The van der Waals surface area contributed by atoms with Crippen molar-refractivity contribution in [3.05, 3.63) is 59.6 Å². The Labute approximate surface area is 309 Å². The predicted octanol–water partition coefficient (Wildman–Crippen LogP) is 8.39. The highest BCUT2D eigenvalue weighted by Gasteiger charge is 2.37. The first-order chi connectivity index (χ1) is 24.5. The van der Waals surface area contributed by atoms with Gasteiger partial charge in [0.05, 0.1) is 43.5 Å². The topological polar surface area (TPSA) is 146 Å². The van der Waals surface area contributed by atoms with Crippen LogP contribution in [-0.2, 0) is 29.4 Å². The number of aromatic nitrogens is 3. The molecule has 4 rings (SSSR count). The van der Waals surface area contributed by atoms with Crippen molar-refractivity contribution >= 4 is 52.6 Å². The van der Waals surface area contributed by atoms with E-state index in [4.69, 9.17) is 23.0 Å². The number of ether oxygens (including phenoxy) is 2. The van der Waals surface area contributed by atoms with Crippen molar-refractivity contribution in [2.24, 2.45) is 0 Å². The number of rotatable bonds is 19. The Morgan fingerprint density at radius 3 is 2.33 bits per heavy atom. The summed E-state index contributed by atoms with van der Waals surface area (Å²) < 4.78 is 55.7. The summed E-state index contributed by atoms with van der Waals surface area (Å²) >= 11 is 1.31. The second kappa shape index (κ2) is 18.4. The van der Waals surface area contributed by atoms with E-state index in [1.165, 1.54) is 35.9 Å². The second-order valence-corrected chi connectivity index (χ2v) is 16.5. The zero-order valence-corrected chi connectivity index (χ0v) is 32.9. The molecule has 0 unspecified atom stereocenters. The fraction of sp³-hybridized carbons (Fsp3) is 0.500. The average molecular weight is 761 g/mol. The molecule has 2 aromatic heterocycles. The lowest BCUT2D eigenvalue weighted by molar-refractivity contribution is -0.115. The van der Waals surface area contributed by atoms with Crippen LogP contribution < -0.4 is 20.1 Å². The summed E-state index contributed by atoms with van der Waals surface area (Å²) in [5.41, 5.74) is -0.322. The van der Waals surface area contributed by atoms with E-state index >= 15 is 0 Å². The molecule has 2 N–H and O–H groups in total. The largest absolute Gasteiger partial charge is 0.493 e. The van der Waals surface area contributed by atoms with E-state index in [0.29, 0.717) is 52.1 Å². The highest BCUT2D eigenvalue weighted by Crippen LogP contribution is 2.55. The summed E-state index contributed by atoms with van der Waals surface area (Å²) in [5.74, 6) is 0.912. The minimum atomic E-state index is -3.74. The average Bonchev–Trinajstić information content (AvgIpc) is 3.48. The maximum atomic E-state index is 13.5. The van der Waals surface area contributed by atoms with Crippen LogP contribution in [0.15, 0.2) is 48.9 Å². The lowest BCUT2D eigenvalue weighted by atomic mass is 10.2. The van der Waals surface area contributed by atoms with Gasteiger partial charge in [-0.05, 0) is 85.2 Å². The first-order valence-corrected chi connectivity index (χ1v) is 19.4. The van der Waals surface area contributed by atoms with Gasteiger partial charge >= 0.3 is 7.82 Å². The van der Waals surface area contributed by atoms with Gasteiger partial charge in [0.15, 0.2) is 16.6 Å². The molecular formula is C36H50FN6O7PS. The number of phosphoric acid groups is 1. The van der Waals surface area contributed by atoms with Crippen LogP contribution in [0.4, 0.5) is 21.0 Å². The maximum absolute atomic E-state index is 13.5. The molecule has 0 saturated heterocycles. The number of amides is 1. The zero-order chi connectivity index (χ0) is 37.9. The van der Waals surface area contributed by atoms with Crippen molar-refractivity contribution in [3.8, 4) is 11.5 Å². The molecule has 13 nitrogen and oxygen atoms in total. The molecule has 0 atom stereocenters. The van der Waals surface area contributed by atoms with Gasteiger partial charge in [0.2, 0.25) is 5.91 Å². The Morgan fingerprint density at radius 2 is 1.67 bits per heavy atom. The van der Waals surface area contributed by atoms with Crippen molar-refractivity contribution in [2.75, 3.05) is 50.6 Å². The van der Waals surface area contributed by atoms with Gasteiger partial charge in [0.25, 0.3) is 0 Å². The van der Waals surface area contributed by atoms with Crippen molar-refractivity contribution in [2.45, 2.75) is 78.9 Å². The molecule has 52 heavy (non-hydrogen) atoms. The van der Waals surface area contributed by atoms with Crippen LogP contribution in [-0.4, -0.2) is 76.9 Å². The number of thiazole rings is 1. The number of nitrogens with one attached hydrogen (secondary N) is 2. The van der Waals surface area contributed by atoms with Crippen LogP contribution in [0.1, 0.15) is 66.2 Å². The van der Waals surface area contributed by atoms with Crippen molar-refractivity contribution in [3.63, 3.8) is 0 Å². The molecule has 0 aliphatic heterocycles. The van der Waals surface area contributed by atoms with E-state index in [1.54, 1.807) is 19.4 Å².